The lowest BCUT2D eigenvalue weighted by atomic mass is 9.97. The van der Waals surface area contributed by atoms with Crippen molar-refractivity contribution >= 4 is 44.9 Å². The third kappa shape index (κ3) is 5.59. The van der Waals surface area contributed by atoms with Gasteiger partial charge in [0.05, 0.1) is 24.4 Å². The average Bonchev–Trinajstić information content (AvgIpc) is 3.10. The predicted octanol–water partition coefficient (Wildman–Crippen LogP) is 3.39. The van der Waals surface area contributed by atoms with E-state index in [1.807, 2.05) is 0 Å². The number of halogens is 2. The maximum atomic E-state index is 14.6. The lowest BCUT2D eigenvalue weighted by Crippen LogP contribution is -2.28. The molecule has 164 valence electrons. The first-order valence-corrected chi connectivity index (χ1v) is 11.5. The van der Waals surface area contributed by atoms with Gasteiger partial charge in [-0.15, -0.1) is 0 Å². The van der Waals surface area contributed by atoms with Crippen molar-refractivity contribution in [2.75, 3.05) is 11.0 Å². The van der Waals surface area contributed by atoms with E-state index >= 15 is 0 Å². The number of amides is 1. The number of carbonyl (C=O) groups is 2. The molecule has 11 heteroatoms. The molecular weight excluding hydrogens is 449 g/mol. The normalized spacial score (nSPS) is 16.2. The molecule has 0 radical (unpaired) electrons. The third-order valence-corrected chi connectivity index (χ3v) is 5.51. The van der Waals surface area contributed by atoms with Gasteiger partial charge in [0.25, 0.3) is 0 Å². The summed E-state index contributed by atoms with van der Waals surface area (Å²) in [5, 5.41) is 14.4. The number of hydrogen-bond donors (Lipinski definition) is 2. The van der Waals surface area contributed by atoms with Crippen molar-refractivity contribution in [1.29, 1.82) is 0 Å². The Kier molecular flexibility index (Phi) is 6.61. The zero-order chi connectivity index (χ0) is 22.8. The third-order valence-electron chi connectivity index (χ3n) is 4.57. The molecule has 2 aromatic carbocycles. The first-order chi connectivity index (χ1) is 14.5. The Bertz CT molecular complexity index is 1130. The molecule has 0 spiro atoms. The van der Waals surface area contributed by atoms with Gasteiger partial charge in [0, 0.05) is 29.1 Å². The number of sulfonamides is 1. The van der Waals surface area contributed by atoms with E-state index in [1.54, 1.807) is 24.3 Å². The van der Waals surface area contributed by atoms with E-state index in [2.05, 4.69) is 9.82 Å². The highest BCUT2D eigenvalue weighted by molar-refractivity contribution is 7.92. The summed E-state index contributed by atoms with van der Waals surface area (Å²) in [5.74, 6) is -2.30. The minimum absolute atomic E-state index is 0.0990. The Morgan fingerprint density at radius 3 is 2.48 bits per heavy atom. The molecule has 31 heavy (non-hydrogen) atoms. The highest BCUT2D eigenvalue weighted by Gasteiger charge is 2.35. The fourth-order valence-corrected chi connectivity index (χ4v) is 4.10. The Balaban J connectivity index is 1.93. The van der Waals surface area contributed by atoms with Crippen molar-refractivity contribution < 1.29 is 27.5 Å². The van der Waals surface area contributed by atoms with Gasteiger partial charge in [-0.3, -0.25) is 14.3 Å². The van der Waals surface area contributed by atoms with Crippen LogP contribution in [-0.2, 0) is 19.6 Å². The number of aliphatic carboxylic acids is 1. The van der Waals surface area contributed by atoms with Crippen molar-refractivity contribution in [2.24, 2.45) is 5.10 Å². The van der Waals surface area contributed by atoms with E-state index in [1.165, 1.54) is 18.2 Å². The molecule has 1 atom stereocenters. The number of hydrogen-bond acceptors (Lipinski definition) is 5. The maximum Gasteiger partial charge on any atom is 0.303 e. The standard InChI is InChI=1S/C20H19ClFN3O5S/c1-31(29,30)24-13-7-5-12(6-8-13)16-11-17(20-14(21)3-2-4-15(20)22)25(23-16)18(26)9-10-19(27)28/h2-8,17,24H,9-11H2,1H3,(H,27,28). The summed E-state index contributed by atoms with van der Waals surface area (Å²) in [5.41, 5.74) is 1.51. The van der Waals surface area contributed by atoms with Crippen LogP contribution in [0.2, 0.25) is 5.02 Å². The summed E-state index contributed by atoms with van der Waals surface area (Å²) in [6.45, 7) is 0. The van der Waals surface area contributed by atoms with Crippen LogP contribution in [0.4, 0.5) is 10.1 Å². The molecule has 1 heterocycles. The fourth-order valence-electron chi connectivity index (χ4n) is 3.24. The Morgan fingerprint density at radius 1 is 1.23 bits per heavy atom. The molecule has 1 amide bonds. The number of rotatable bonds is 7. The van der Waals surface area contributed by atoms with Crippen molar-refractivity contribution in [2.45, 2.75) is 25.3 Å². The number of carboxylic acid groups (broad SMARTS) is 1. The van der Waals surface area contributed by atoms with Crippen molar-refractivity contribution in [3.05, 3.63) is 64.4 Å². The van der Waals surface area contributed by atoms with Gasteiger partial charge in [-0.05, 0) is 29.8 Å². The van der Waals surface area contributed by atoms with Crippen molar-refractivity contribution in [3.63, 3.8) is 0 Å². The second-order valence-corrected chi connectivity index (χ2v) is 9.14. The molecule has 0 aliphatic carbocycles. The monoisotopic (exact) mass is 467 g/mol. The van der Waals surface area contributed by atoms with E-state index in [9.17, 15) is 22.4 Å². The Labute approximate surface area is 183 Å². The predicted molar refractivity (Wildman–Crippen MR) is 114 cm³/mol. The first kappa shape index (κ1) is 22.7. The SMILES string of the molecule is CS(=O)(=O)Nc1ccc(C2=NN(C(=O)CCC(=O)O)C(c3c(F)cccc3Cl)C2)cc1. The number of nitrogens with one attached hydrogen (secondary N) is 1. The molecule has 1 aliphatic rings. The summed E-state index contributed by atoms with van der Waals surface area (Å²) in [7, 11) is -3.43. The lowest BCUT2D eigenvalue weighted by Gasteiger charge is -2.23. The van der Waals surface area contributed by atoms with Crippen LogP contribution in [-0.4, -0.2) is 42.4 Å². The van der Waals surface area contributed by atoms with Gasteiger partial charge in [0.2, 0.25) is 15.9 Å². The number of hydrazone groups is 1. The largest absolute Gasteiger partial charge is 0.481 e. The molecule has 0 aromatic heterocycles. The van der Waals surface area contributed by atoms with Crippen LogP contribution in [0.5, 0.6) is 0 Å². The van der Waals surface area contributed by atoms with E-state index in [0.29, 0.717) is 17.0 Å². The van der Waals surface area contributed by atoms with Crippen LogP contribution in [0.1, 0.15) is 36.4 Å². The number of benzene rings is 2. The molecule has 8 nitrogen and oxygen atoms in total. The van der Waals surface area contributed by atoms with Crippen LogP contribution in [0.15, 0.2) is 47.6 Å². The summed E-state index contributed by atoms with van der Waals surface area (Å²) >= 11 is 6.19. The minimum Gasteiger partial charge on any atom is -0.481 e. The molecule has 2 N–H and O–H groups in total. The van der Waals surface area contributed by atoms with Gasteiger partial charge >= 0.3 is 5.97 Å². The van der Waals surface area contributed by atoms with Crippen molar-refractivity contribution in [3.8, 4) is 0 Å². The van der Waals surface area contributed by atoms with Gasteiger partial charge in [0.15, 0.2) is 0 Å². The van der Waals surface area contributed by atoms with Crippen LogP contribution in [0.25, 0.3) is 0 Å². The van der Waals surface area contributed by atoms with E-state index in [-0.39, 0.29) is 29.8 Å². The fraction of sp³-hybridized carbons (Fsp3) is 0.250. The molecule has 0 saturated carbocycles. The van der Waals surface area contributed by atoms with Crippen LogP contribution < -0.4 is 4.72 Å². The zero-order valence-electron chi connectivity index (χ0n) is 16.4. The zero-order valence-corrected chi connectivity index (χ0v) is 18.0. The molecule has 0 fully saturated rings. The maximum absolute atomic E-state index is 14.6. The second-order valence-electron chi connectivity index (χ2n) is 6.99. The molecule has 0 saturated heterocycles. The minimum atomic E-state index is -3.43. The van der Waals surface area contributed by atoms with Gasteiger partial charge in [-0.25, -0.2) is 17.8 Å². The number of anilines is 1. The molecule has 2 aromatic rings. The molecule has 1 aliphatic heterocycles. The lowest BCUT2D eigenvalue weighted by molar-refractivity contribution is -0.141. The average molecular weight is 468 g/mol. The molecule has 0 bridgehead atoms. The summed E-state index contributed by atoms with van der Waals surface area (Å²) in [6, 6.07) is 9.67. The van der Waals surface area contributed by atoms with E-state index in [0.717, 1.165) is 11.3 Å². The summed E-state index contributed by atoms with van der Waals surface area (Å²) in [6.07, 6.45) is 0.499. The van der Waals surface area contributed by atoms with Gasteiger partial charge in [-0.2, -0.15) is 5.10 Å². The first-order valence-electron chi connectivity index (χ1n) is 9.18. The van der Waals surface area contributed by atoms with E-state index < -0.39 is 33.8 Å². The second kappa shape index (κ2) is 9.03. The Morgan fingerprint density at radius 2 is 1.90 bits per heavy atom. The molecular formula is C20H19ClFN3O5S. The molecule has 3 rings (SSSR count). The van der Waals surface area contributed by atoms with Gasteiger partial charge in [-0.1, -0.05) is 29.8 Å². The van der Waals surface area contributed by atoms with Crippen LogP contribution in [0.3, 0.4) is 0 Å². The quantitative estimate of drug-likeness (QED) is 0.647. The summed E-state index contributed by atoms with van der Waals surface area (Å²) in [4.78, 5) is 23.5. The van der Waals surface area contributed by atoms with Gasteiger partial charge < -0.3 is 5.11 Å². The number of carbonyl (C=O) groups excluding carboxylic acids is 1. The Hall–Kier alpha value is -2.98. The van der Waals surface area contributed by atoms with Crippen LogP contribution >= 0.6 is 11.6 Å². The summed E-state index contributed by atoms with van der Waals surface area (Å²) < 4.78 is 39.6. The smallest absolute Gasteiger partial charge is 0.303 e. The highest BCUT2D eigenvalue weighted by Crippen LogP contribution is 2.38. The van der Waals surface area contributed by atoms with E-state index in [4.69, 9.17) is 16.7 Å². The van der Waals surface area contributed by atoms with Crippen LogP contribution in [0, 0.1) is 5.82 Å². The number of nitrogens with zero attached hydrogens (tertiary/aromatic N) is 2. The van der Waals surface area contributed by atoms with Gasteiger partial charge in [0.1, 0.15) is 5.82 Å². The number of carboxylic acids is 1. The highest BCUT2D eigenvalue weighted by atomic mass is 35.5. The van der Waals surface area contributed by atoms with Crippen molar-refractivity contribution in [1.82, 2.24) is 5.01 Å². The topological polar surface area (TPSA) is 116 Å². The molecule has 1 unspecified atom stereocenters.